The molecular formula is C23H26N2O2S. The fourth-order valence-electron chi connectivity index (χ4n) is 3.02. The van der Waals surface area contributed by atoms with Gasteiger partial charge in [-0.05, 0) is 56.6 Å². The lowest BCUT2D eigenvalue weighted by atomic mass is 10.0. The molecule has 0 atom stereocenters. The Labute approximate surface area is 170 Å². The molecule has 0 heterocycles. The molecule has 4 nitrogen and oxygen atoms in total. The molecule has 0 saturated carbocycles. The summed E-state index contributed by atoms with van der Waals surface area (Å²) in [5.41, 5.74) is 3.12. The number of carbonyl (C=O) groups is 1. The minimum atomic E-state index is -0.300. The molecule has 0 aliphatic heterocycles. The van der Waals surface area contributed by atoms with E-state index in [9.17, 15) is 9.90 Å². The Morgan fingerprint density at radius 1 is 1.07 bits per heavy atom. The fourth-order valence-corrected chi connectivity index (χ4v) is 4.23. The van der Waals surface area contributed by atoms with E-state index < -0.39 is 0 Å². The van der Waals surface area contributed by atoms with Gasteiger partial charge in [-0.1, -0.05) is 36.4 Å². The van der Waals surface area contributed by atoms with Gasteiger partial charge < -0.3 is 15.3 Å². The summed E-state index contributed by atoms with van der Waals surface area (Å²) in [4.78, 5) is 16.1. The third kappa shape index (κ3) is 4.49. The van der Waals surface area contributed by atoms with Crippen LogP contribution in [0.25, 0.3) is 10.8 Å². The highest BCUT2D eigenvalue weighted by Gasteiger charge is 2.18. The first-order valence-electron chi connectivity index (χ1n) is 9.27. The highest BCUT2D eigenvalue weighted by Crippen LogP contribution is 2.37. The van der Waals surface area contributed by atoms with Gasteiger partial charge in [0.2, 0.25) is 0 Å². The lowest BCUT2D eigenvalue weighted by Crippen LogP contribution is -2.15. The number of nitrogens with one attached hydrogen (secondary N) is 1. The van der Waals surface area contributed by atoms with E-state index in [1.807, 2.05) is 70.4 Å². The summed E-state index contributed by atoms with van der Waals surface area (Å²) in [5.74, 6) is 0.626. The van der Waals surface area contributed by atoms with Gasteiger partial charge >= 0.3 is 0 Å². The molecule has 0 fully saturated rings. The van der Waals surface area contributed by atoms with Crippen LogP contribution >= 0.6 is 11.8 Å². The molecule has 3 aromatic carbocycles. The maximum atomic E-state index is 13.0. The van der Waals surface area contributed by atoms with Gasteiger partial charge in [-0.15, -0.1) is 11.8 Å². The number of fused-ring (bicyclic) bond motifs is 1. The Kier molecular flexibility index (Phi) is 6.27. The van der Waals surface area contributed by atoms with Crippen molar-refractivity contribution in [1.82, 2.24) is 4.90 Å². The lowest BCUT2D eigenvalue weighted by Gasteiger charge is -2.15. The quantitative estimate of drug-likeness (QED) is 0.573. The standard InChI is InChI=1S/C23H26N2O2S/c1-15-9-10-16(2)20(13-15)24-23(27)19-14-21(28-12-11-25(3)4)17-7-5-6-8-18(17)22(19)26/h5-10,13-14,26H,11-12H2,1-4H3,(H,24,27). The van der Waals surface area contributed by atoms with Crippen LogP contribution in [-0.4, -0.2) is 42.3 Å². The number of phenols is 1. The van der Waals surface area contributed by atoms with Gasteiger partial charge in [0.15, 0.2) is 0 Å². The normalized spacial score (nSPS) is 11.2. The minimum absolute atomic E-state index is 0.0235. The van der Waals surface area contributed by atoms with E-state index >= 15 is 0 Å². The molecule has 28 heavy (non-hydrogen) atoms. The zero-order valence-corrected chi connectivity index (χ0v) is 17.6. The predicted molar refractivity (Wildman–Crippen MR) is 119 cm³/mol. The van der Waals surface area contributed by atoms with Crippen molar-refractivity contribution in [2.45, 2.75) is 18.7 Å². The first kappa shape index (κ1) is 20.2. The molecule has 0 saturated heterocycles. The molecule has 1 amide bonds. The second kappa shape index (κ2) is 8.67. The van der Waals surface area contributed by atoms with E-state index in [0.29, 0.717) is 10.9 Å². The topological polar surface area (TPSA) is 52.6 Å². The second-order valence-corrected chi connectivity index (χ2v) is 8.38. The van der Waals surface area contributed by atoms with Crippen LogP contribution in [0, 0.1) is 13.8 Å². The molecule has 0 aromatic heterocycles. The van der Waals surface area contributed by atoms with Crippen molar-refractivity contribution < 1.29 is 9.90 Å². The average molecular weight is 395 g/mol. The molecule has 5 heteroatoms. The number of benzene rings is 3. The molecule has 0 aliphatic carbocycles. The van der Waals surface area contributed by atoms with Gasteiger partial charge in [-0.3, -0.25) is 4.79 Å². The van der Waals surface area contributed by atoms with Crippen LogP contribution in [0.2, 0.25) is 0 Å². The van der Waals surface area contributed by atoms with E-state index in [0.717, 1.165) is 39.4 Å². The Morgan fingerprint density at radius 2 is 1.79 bits per heavy atom. The van der Waals surface area contributed by atoms with Gasteiger partial charge in [0.25, 0.3) is 5.91 Å². The average Bonchev–Trinajstić information content (AvgIpc) is 2.66. The number of hydrogen-bond acceptors (Lipinski definition) is 4. The van der Waals surface area contributed by atoms with Gasteiger partial charge in [0.1, 0.15) is 5.75 Å². The van der Waals surface area contributed by atoms with Crippen molar-refractivity contribution in [3.8, 4) is 5.75 Å². The SMILES string of the molecule is Cc1ccc(C)c(NC(=O)c2cc(SCCN(C)C)c3ccccc3c2O)c1. The van der Waals surface area contributed by atoms with Gasteiger partial charge in [0, 0.05) is 28.3 Å². The van der Waals surface area contributed by atoms with Gasteiger partial charge in [-0.25, -0.2) is 0 Å². The van der Waals surface area contributed by atoms with Crippen LogP contribution in [-0.2, 0) is 0 Å². The number of aromatic hydroxyl groups is 1. The number of thioether (sulfide) groups is 1. The maximum Gasteiger partial charge on any atom is 0.259 e. The van der Waals surface area contributed by atoms with Crippen LogP contribution < -0.4 is 5.32 Å². The zero-order chi connectivity index (χ0) is 20.3. The molecule has 0 radical (unpaired) electrons. The minimum Gasteiger partial charge on any atom is -0.506 e. The lowest BCUT2D eigenvalue weighted by molar-refractivity contribution is 0.102. The molecule has 3 aromatic rings. The van der Waals surface area contributed by atoms with Crippen LogP contribution in [0.1, 0.15) is 21.5 Å². The molecule has 0 bridgehead atoms. The monoisotopic (exact) mass is 394 g/mol. The number of phenolic OH excluding ortho intramolecular Hbond substituents is 1. The zero-order valence-electron chi connectivity index (χ0n) is 16.7. The van der Waals surface area contributed by atoms with Crippen molar-refractivity contribution in [3.05, 3.63) is 65.2 Å². The maximum absolute atomic E-state index is 13.0. The van der Waals surface area contributed by atoms with Crippen molar-refractivity contribution in [1.29, 1.82) is 0 Å². The number of aryl methyl sites for hydroxylation is 2. The summed E-state index contributed by atoms with van der Waals surface area (Å²) in [6.07, 6.45) is 0. The van der Waals surface area contributed by atoms with E-state index in [1.54, 1.807) is 17.8 Å². The summed E-state index contributed by atoms with van der Waals surface area (Å²) < 4.78 is 0. The molecule has 3 rings (SSSR count). The van der Waals surface area contributed by atoms with Crippen LogP contribution in [0.5, 0.6) is 5.75 Å². The third-order valence-corrected chi connectivity index (χ3v) is 5.70. The summed E-state index contributed by atoms with van der Waals surface area (Å²) in [6, 6.07) is 15.4. The predicted octanol–water partition coefficient (Wildman–Crippen LogP) is 5.07. The summed E-state index contributed by atoms with van der Waals surface area (Å²) in [5, 5.41) is 15.4. The fraction of sp³-hybridized carbons (Fsp3) is 0.261. The van der Waals surface area contributed by atoms with Crippen molar-refractivity contribution >= 4 is 34.1 Å². The second-order valence-electron chi connectivity index (χ2n) is 7.24. The molecule has 0 spiro atoms. The number of hydrogen-bond donors (Lipinski definition) is 2. The number of rotatable bonds is 6. The number of amides is 1. The largest absolute Gasteiger partial charge is 0.506 e. The van der Waals surface area contributed by atoms with E-state index in [2.05, 4.69) is 10.2 Å². The van der Waals surface area contributed by atoms with Gasteiger partial charge in [-0.2, -0.15) is 0 Å². The smallest absolute Gasteiger partial charge is 0.259 e. The highest BCUT2D eigenvalue weighted by molar-refractivity contribution is 7.99. The van der Waals surface area contributed by atoms with Crippen LogP contribution in [0.3, 0.4) is 0 Å². The molecule has 2 N–H and O–H groups in total. The molecule has 146 valence electrons. The number of anilines is 1. The van der Waals surface area contributed by atoms with Crippen molar-refractivity contribution in [2.75, 3.05) is 31.7 Å². The van der Waals surface area contributed by atoms with E-state index in [1.165, 1.54) is 0 Å². The van der Waals surface area contributed by atoms with E-state index in [-0.39, 0.29) is 11.7 Å². The molecule has 0 unspecified atom stereocenters. The molecular weight excluding hydrogens is 368 g/mol. The Morgan fingerprint density at radius 3 is 2.50 bits per heavy atom. The van der Waals surface area contributed by atoms with Crippen LogP contribution in [0.15, 0.2) is 53.4 Å². The van der Waals surface area contributed by atoms with Crippen LogP contribution in [0.4, 0.5) is 5.69 Å². The summed E-state index contributed by atoms with van der Waals surface area (Å²) in [6.45, 7) is 4.88. The van der Waals surface area contributed by atoms with Crippen molar-refractivity contribution in [2.24, 2.45) is 0 Å². The Bertz CT molecular complexity index is 1010. The Balaban J connectivity index is 1.98. The summed E-state index contributed by atoms with van der Waals surface area (Å²) in [7, 11) is 4.08. The Hall–Kier alpha value is -2.50. The molecule has 0 aliphatic rings. The third-order valence-electron chi connectivity index (χ3n) is 4.66. The number of carbonyl (C=O) groups excluding carboxylic acids is 1. The van der Waals surface area contributed by atoms with Gasteiger partial charge in [0.05, 0.1) is 5.56 Å². The van der Waals surface area contributed by atoms with Crippen molar-refractivity contribution in [3.63, 3.8) is 0 Å². The number of nitrogens with zero attached hydrogens (tertiary/aromatic N) is 1. The first-order chi connectivity index (χ1) is 13.4. The first-order valence-corrected chi connectivity index (χ1v) is 10.3. The highest BCUT2D eigenvalue weighted by atomic mass is 32.2. The van der Waals surface area contributed by atoms with E-state index in [4.69, 9.17) is 0 Å². The summed E-state index contributed by atoms with van der Waals surface area (Å²) >= 11 is 1.70.